The standard InChI is InChI=1S/C19H26N2O4S2/c1-5-21(6-2)27(23,24)16-9-10-18(25-14(3)4)17(13-16)20-19(22)12-15-8-7-11-26-15/h7-11,13-14H,5-6,12H2,1-4H3,(H,20,22). The van der Waals surface area contributed by atoms with Crippen LogP contribution in [0, 0.1) is 0 Å². The van der Waals surface area contributed by atoms with E-state index in [1.165, 1.54) is 27.8 Å². The molecular formula is C19H26N2O4S2. The Hall–Kier alpha value is -1.90. The molecule has 0 aliphatic rings. The summed E-state index contributed by atoms with van der Waals surface area (Å²) in [7, 11) is -3.63. The second-order valence-electron chi connectivity index (χ2n) is 6.22. The maximum Gasteiger partial charge on any atom is 0.243 e. The quantitative estimate of drug-likeness (QED) is 0.683. The van der Waals surface area contributed by atoms with Gasteiger partial charge in [0.25, 0.3) is 0 Å². The topological polar surface area (TPSA) is 75.7 Å². The zero-order valence-electron chi connectivity index (χ0n) is 16.1. The van der Waals surface area contributed by atoms with Gasteiger partial charge in [-0.15, -0.1) is 11.3 Å². The summed E-state index contributed by atoms with van der Waals surface area (Å²) < 4.78 is 32.7. The number of rotatable bonds is 9. The number of carbonyl (C=O) groups is 1. The van der Waals surface area contributed by atoms with Crippen molar-refractivity contribution in [2.24, 2.45) is 0 Å². The Labute approximate surface area is 165 Å². The second-order valence-corrected chi connectivity index (χ2v) is 9.19. The Morgan fingerprint density at radius 2 is 1.93 bits per heavy atom. The number of hydrogen-bond acceptors (Lipinski definition) is 5. The molecule has 0 radical (unpaired) electrons. The van der Waals surface area contributed by atoms with Crippen LogP contribution < -0.4 is 10.1 Å². The van der Waals surface area contributed by atoms with Gasteiger partial charge in [-0.2, -0.15) is 4.31 Å². The highest BCUT2D eigenvalue weighted by Crippen LogP contribution is 2.30. The van der Waals surface area contributed by atoms with Crippen molar-refractivity contribution >= 4 is 33.0 Å². The highest BCUT2D eigenvalue weighted by molar-refractivity contribution is 7.89. The molecule has 0 saturated carbocycles. The van der Waals surface area contributed by atoms with Crippen LogP contribution in [0.15, 0.2) is 40.6 Å². The van der Waals surface area contributed by atoms with Gasteiger partial charge in [0.2, 0.25) is 15.9 Å². The molecule has 0 fully saturated rings. The molecule has 0 saturated heterocycles. The molecule has 1 aromatic heterocycles. The van der Waals surface area contributed by atoms with Crippen molar-refractivity contribution in [2.75, 3.05) is 18.4 Å². The number of ether oxygens (including phenoxy) is 1. The van der Waals surface area contributed by atoms with Crippen LogP contribution in [-0.2, 0) is 21.2 Å². The van der Waals surface area contributed by atoms with Crippen LogP contribution in [0.5, 0.6) is 5.75 Å². The van der Waals surface area contributed by atoms with Gasteiger partial charge in [0, 0.05) is 18.0 Å². The van der Waals surface area contributed by atoms with Crippen LogP contribution in [0.3, 0.4) is 0 Å². The number of nitrogens with one attached hydrogen (secondary N) is 1. The molecule has 0 aliphatic heterocycles. The third kappa shape index (κ3) is 5.54. The Bertz CT molecular complexity index is 858. The van der Waals surface area contributed by atoms with Crippen molar-refractivity contribution in [1.82, 2.24) is 4.31 Å². The summed E-state index contributed by atoms with van der Waals surface area (Å²) in [6.07, 6.45) is 0.120. The zero-order valence-corrected chi connectivity index (χ0v) is 17.7. The molecule has 2 aromatic rings. The third-order valence-electron chi connectivity index (χ3n) is 3.85. The van der Waals surface area contributed by atoms with Crippen molar-refractivity contribution in [1.29, 1.82) is 0 Å². The lowest BCUT2D eigenvalue weighted by atomic mass is 10.2. The Balaban J connectivity index is 2.35. The van der Waals surface area contributed by atoms with E-state index < -0.39 is 10.0 Å². The van der Waals surface area contributed by atoms with Gasteiger partial charge < -0.3 is 10.1 Å². The predicted molar refractivity (Wildman–Crippen MR) is 109 cm³/mol. The molecule has 27 heavy (non-hydrogen) atoms. The average Bonchev–Trinajstić information content (AvgIpc) is 3.09. The summed E-state index contributed by atoms with van der Waals surface area (Å²) in [6.45, 7) is 8.09. The van der Waals surface area contributed by atoms with Crippen molar-refractivity contribution < 1.29 is 17.9 Å². The highest BCUT2D eigenvalue weighted by Gasteiger charge is 2.23. The fourth-order valence-corrected chi connectivity index (χ4v) is 4.79. The van der Waals surface area contributed by atoms with Crippen molar-refractivity contribution in [3.8, 4) is 5.75 Å². The molecule has 0 atom stereocenters. The van der Waals surface area contributed by atoms with Crippen molar-refractivity contribution in [3.63, 3.8) is 0 Å². The van der Waals surface area contributed by atoms with E-state index in [-0.39, 0.29) is 23.3 Å². The largest absolute Gasteiger partial charge is 0.489 e. The molecule has 0 spiro atoms. The first-order valence-electron chi connectivity index (χ1n) is 8.91. The van der Waals surface area contributed by atoms with Gasteiger partial charge in [0.15, 0.2) is 0 Å². The SMILES string of the molecule is CCN(CC)S(=O)(=O)c1ccc(OC(C)C)c(NC(=O)Cc2cccs2)c1. The lowest BCUT2D eigenvalue weighted by Gasteiger charge is -2.20. The number of hydrogen-bond donors (Lipinski definition) is 1. The van der Waals surface area contributed by atoms with Crippen LogP contribution in [0.25, 0.3) is 0 Å². The van der Waals surface area contributed by atoms with Crippen LogP contribution in [-0.4, -0.2) is 37.8 Å². The number of anilines is 1. The minimum absolute atomic E-state index is 0.108. The molecule has 2 rings (SSSR count). The first-order chi connectivity index (χ1) is 12.8. The van der Waals surface area contributed by atoms with Crippen LogP contribution in [0.2, 0.25) is 0 Å². The molecule has 0 aliphatic carbocycles. The monoisotopic (exact) mass is 410 g/mol. The van der Waals surface area contributed by atoms with E-state index in [0.717, 1.165) is 4.88 Å². The molecular weight excluding hydrogens is 384 g/mol. The number of carbonyl (C=O) groups excluding carboxylic acids is 1. The first-order valence-corrected chi connectivity index (χ1v) is 11.2. The molecule has 8 heteroatoms. The summed E-state index contributed by atoms with van der Waals surface area (Å²) in [5.74, 6) is 0.228. The Kier molecular flexibility index (Phi) is 7.41. The van der Waals surface area contributed by atoms with Crippen molar-refractivity contribution in [3.05, 3.63) is 40.6 Å². The fourth-order valence-electron chi connectivity index (χ4n) is 2.60. The number of sulfonamides is 1. The molecule has 1 N–H and O–H groups in total. The first kappa shape index (κ1) is 21.4. The van der Waals surface area contributed by atoms with E-state index in [1.807, 2.05) is 31.4 Å². The van der Waals surface area contributed by atoms with E-state index >= 15 is 0 Å². The van der Waals surface area contributed by atoms with Gasteiger partial charge >= 0.3 is 0 Å². The summed E-state index contributed by atoms with van der Waals surface area (Å²) in [4.78, 5) is 13.5. The predicted octanol–water partition coefficient (Wildman–Crippen LogP) is 3.75. The van der Waals surface area contributed by atoms with Crippen LogP contribution >= 0.6 is 11.3 Å². The van der Waals surface area contributed by atoms with E-state index in [1.54, 1.807) is 19.9 Å². The second kappa shape index (κ2) is 9.34. The van der Waals surface area contributed by atoms with E-state index in [2.05, 4.69) is 5.32 Å². The van der Waals surface area contributed by atoms with Crippen LogP contribution in [0.4, 0.5) is 5.69 Å². The van der Waals surface area contributed by atoms with Crippen LogP contribution in [0.1, 0.15) is 32.6 Å². The maximum atomic E-state index is 12.8. The van der Waals surface area contributed by atoms with Gasteiger partial charge in [-0.1, -0.05) is 19.9 Å². The number of benzene rings is 1. The molecule has 1 heterocycles. The smallest absolute Gasteiger partial charge is 0.243 e. The van der Waals surface area contributed by atoms with E-state index in [9.17, 15) is 13.2 Å². The molecule has 6 nitrogen and oxygen atoms in total. The van der Waals surface area contributed by atoms with E-state index in [0.29, 0.717) is 24.5 Å². The summed E-state index contributed by atoms with van der Waals surface area (Å²) in [5, 5.41) is 4.71. The molecule has 0 unspecified atom stereocenters. The van der Waals surface area contributed by atoms with Gasteiger partial charge in [-0.05, 0) is 43.5 Å². The maximum absolute atomic E-state index is 12.8. The number of nitrogens with zero attached hydrogens (tertiary/aromatic N) is 1. The zero-order chi connectivity index (χ0) is 20.0. The molecule has 148 valence electrons. The summed E-state index contributed by atoms with van der Waals surface area (Å²) in [5.41, 5.74) is 0.360. The minimum Gasteiger partial charge on any atom is -0.489 e. The molecule has 0 bridgehead atoms. The molecule has 1 amide bonds. The van der Waals surface area contributed by atoms with Gasteiger partial charge in [-0.3, -0.25) is 4.79 Å². The Morgan fingerprint density at radius 3 is 2.48 bits per heavy atom. The van der Waals surface area contributed by atoms with Gasteiger partial charge in [0.1, 0.15) is 5.75 Å². The summed E-state index contributed by atoms with van der Waals surface area (Å²) in [6, 6.07) is 8.35. The van der Waals surface area contributed by atoms with Gasteiger partial charge in [0.05, 0.1) is 23.1 Å². The lowest BCUT2D eigenvalue weighted by Crippen LogP contribution is -2.30. The highest BCUT2D eigenvalue weighted by atomic mass is 32.2. The average molecular weight is 411 g/mol. The molecule has 1 aromatic carbocycles. The number of thiophene rings is 1. The van der Waals surface area contributed by atoms with Gasteiger partial charge in [-0.25, -0.2) is 8.42 Å². The summed E-state index contributed by atoms with van der Waals surface area (Å²) >= 11 is 1.50. The van der Waals surface area contributed by atoms with E-state index in [4.69, 9.17) is 4.74 Å². The number of amides is 1. The Morgan fingerprint density at radius 1 is 1.22 bits per heavy atom. The fraction of sp³-hybridized carbons (Fsp3) is 0.421. The van der Waals surface area contributed by atoms with Crippen molar-refractivity contribution in [2.45, 2.75) is 45.1 Å². The third-order valence-corrected chi connectivity index (χ3v) is 6.77. The lowest BCUT2D eigenvalue weighted by molar-refractivity contribution is -0.115. The minimum atomic E-state index is -3.63. The normalized spacial score (nSPS) is 11.8.